The minimum atomic E-state index is 0.343. The van der Waals surface area contributed by atoms with Crippen LogP contribution in [-0.2, 0) is 13.0 Å². The number of piperidine rings is 1. The van der Waals surface area contributed by atoms with Gasteiger partial charge in [0.05, 0.1) is 23.1 Å². The molecule has 0 unspecified atom stereocenters. The average molecular weight is 488 g/mol. The smallest absolute Gasteiger partial charge is 0.139 e. The van der Waals surface area contributed by atoms with E-state index in [0.29, 0.717) is 12.1 Å². The Labute approximate surface area is 215 Å². The SMILES string of the molecule is CCCN(Cc1nc2cccc(N3CCC(N(C)C)CC3)n2c1C=NC)[C@H]1CCCc2cccnc21. The maximum Gasteiger partial charge on any atom is 0.139 e. The minimum absolute atomic E-state index is 0.343. The zero-order chi connectivity index (χ0) is 25.1. The highest BCUT2D eigenvalue weighted by molar-refractivity contribution is 5.82. The lowest BCUT2D eigenvalue weighted by atomic mass is 9.90. The topological polar surface area (TPSA) is 52.3 Å². The van der Waals surface area contributed by atoms with E-state index in [-0.39, 0.29) is 0 Å². The van der Waals surface area contributed by atoms with Crippen LogP contribution in [0.2, 0.25) is 0 Å². The number of fused-ring (bicyclic) bond motifs is 2. The molecule has 3 aromatic heterocycles. The number of aromatic nitrogens is 3. The molecule has 2 aliphatic rings. The van der Waals surface area contributed by atoms with Crippen LogP contribution in [0.4, 0.5) is 5.82 Å². The van der Waals surface area contributed by atoms with Gasteiger partial charge in [-0.1, -0.05) is 19.1 Å². The van der Waals surface area contributed by atoms with Gasteiger partial charge in [0.2, 0.25) is 0 Å². The van der Waals surface area contributed by atoms with Gasteiger partial charge < -0.3 is 9.80 Å². The molecule has 1 saturated heterocycles. The Morgan fingerprint density at radius 3 is 2.69 bits per heavy atom. The third-order valence-electron chi connectivity index (χ3n) is 7.97. The van der Waals surface area contributed by atoms with Gasteiger partial charge in [0.1, 0.15) is 11.5 Å². The van der Waals surface area contributed by atoms with E-state index < -0.39 is 0 Å². The molecule has 1 aliphatic heterocycles. The van der Waals surface area contributed by atoms with E-state index in [1.54, 1.807) is 0 Å². The number of pyridine rings is 2. The second kappa shape index (κ2) is 11.1. The Hall–Kier alpha value is -2.77. The number of anilines is 1. The summed E-state index contributed by atoms with van der Waals surface area (Å²) in [7, 11) is 6.25. The molecule has 1 atom stereocenters. The number of aryl methyl sites for hydroxylation is 1. The van der Waals surface area contributed by atoms with E-state index in [9.17, 15) is 0 Å². The quantitative estimate of drug-likeness (QED) is 0.435. The highest BCUT2D eigenvalue weighted by Gasteiger charge is 2.29. The van der Waals surface area contributed by atoms with Crippen molar-refractivity contribution in [2.24, 2.45) is 4.99 Å². The Balaban J connectivity index is 1.49. The Morgan fingerprint density at radius 1 is 1.11 bits per heavy atom. The fourth-order valence-electron chi connectivity index (χ4n) is 6.14. The monoisotopic (exact) mass is 487 g/mol. The third kappa shape index (κ3) is 4.91. The van der Waals surface area contributed by atoms with E-state index >= 15 is 0 Å². The Kier molecular flexibility index (Phi) is 7.67. The molecule has 192 valence electrons. The largest absolute Gasteiger partial charge is 0.358 e. The fraction of sp³-hybridized carbons (Fsp3) is 0.552. The molecule has 0 amide bonds. The molecule has 7 nitrogen and oxygen atoms in total. The molecular weight excluding hydrogens is 446 g/mol. The second-order valence-corrected chi connectivity index (χ2v) is 10.5. The van der Waals surface area contributed by atoms with Gasteiger partial charge in [-0.15, -0.1) is 0 Å². The molecular formula is C29H41N7. The summed E-state index contributed by atoms with van der Waals surface area (Å²) in [6.45, 7) is 6.22. The Bertz CT molecular complexity index is 1190. The lowest BCUT2D eigenvalue weighted by Crippen LogP contribution is -2.42. The highest BCUT2D eigenvalue weighted by atomic mass is 15.3. The molecule has 1 fully saturated rings. The first-order chi connectivity index (χ1) is 17.6. The lowest BCUT2D eigenvalue weighted by Gasteiger charge is -2.36. The third-order valence-corrected chi connectivity index (χ3v) is 7.97. The van der Waals surface area contributed by atoms with Crippen molar-refractivity contribution < 1.29 is 0 Å². The summed E-state index contributed by atoms with van der Waals surface area (Å²) >= 11 is 0. The summed E-state index contributed by atoms with van der Waals surface area (Å²) in [6.07, 6.45) is 10.9. The number of hydrogen-bond acceptors (Lipinski definition) is 6. The van der Waals surface area contributed by atoms with Crippen molar-refractivity contribution in [2.75, 3.05) is 45.7 Å². The first-order valence-corrected chi connectivity index (χ1v) is 13.6. The number of hydrogen-bond donors (Lipinski definition) is 0. The number of rotatable bonds is 8. The molecule has 0 aromatic carbocycles. The molecule has 7 heteroatoms. The molecule has 0 radical (unpaired) electrons. The lowest BCUT2D eigenvalue weighted by molar-refractivity contribution is 0.164. The minimum Gasteiger partial charge on any atom is -0.358 e. The second-order valence-electron chi connectivity index (χ2n) is 10.5. The fourth-order valence-corrected chi connectivity index (χ4v) is 6.14. The average Bonchev–Trinajstić information content (AvgIpc) is 3.25. The molecule has 0 N–H and O–H groups in total. The molecule has 0 spiro atoms. The maximum absolute atomic E-state index is 5.18. The molecule has 3 aromatic rings. The summed E-state index contributed by atoms with van der Waals surface area (Å²) in [5, 5.41) is 0. The van der Waals surface area contributed by atoms with E-state index in [1.807, 2.05) is 19.5 Å². The van der Waals surface area contributed by atoms with Crippen LogP contribution in [0.15, 0.2) is 41.5 Å². The van der Waals surface area contributed by atoms with Gasteiger partial charge in [-0.25, -0.2) is 4.98 Å². The van der Waals surface area contributed by atoms with Crippen LogP contribution < -0.4 is 4.90 Å². The number of imidazole rings is 1. The van der Waals surface area contributed by atoms with Crippen LogP contribution in [-0.4, -0.2) is 77.2 Å². The molecule has 0 saturated carbocycles. The van der Waals surface area contributed by atoms with Crippen molar-refractivity contribution >= 4 is 17.7 Å². The van der Waals surface area contributed by atoms with Crippen LogP contribution in [0, 0.1) is 0 Å². The summed E-state index contributed by atoms with van der Waals surface area (Å²) in [4.78, 5) is 22.0. The van der Waals surface area contributed by atoms with Crippen LogP contribution in [0.3, 0.4) is 0 Å². The normalized spacial score (nSPS) is 19.2. The molecule has 1 aliphatic carbocycles. The van der Waals surface area contributed by atoms with Gasteiger partial charge in [0.15, 0.2) is 0 Å². The molecule has 36 heavy (non-hydrogen) atoms. The van der Waals surface area contributed by atoms with Gasteiger partial charge in [-0.3, -0.25) is 19.3 Å². The number of aliphatic imine (C=N–C) groups is 1. The predicted octanol–water partition coefficient (Wildman–Crippen LogP) is 4.60. The standard InChI is InChI=1S/C29H41N7/c1-5-17-35(25-11-6-9-22-10-8-16-31-29(22)25)21-24-26(20-30-2)36-27(32-24)12-7-13-28(36)34-18-14-23(15-19-34)33(3)4/h7-8,10,12-13,16,20,23,25H,5-6,9,11,14-15,17-19,21H2,1-4H3/t25-/m0/s1. The van der Waals surface area contributed by atoms with Crippen LogP contribution in [0.5, 0.6) is 0 Å². The van der Waals surface area contributed by atoms with Gasteiger partial charge in [0, 0.05) is 45.1 Å². The summed E-state index contributed by atoms with van der Waals surface area (Å²) in [6, 6.07) is 11.9. The van der Waals surface area contributed by atoms with Crippen molar-refractivity contribution in [1.29, 1.82) is 0 Å². The predicted molar refractivity (Wildman–Crippen MR) is 148 cm³/mol. The molecule has 0 bridgehead atoms. The summed E-state index contributed by atoms with van der Waals surface area (Å²) in [5.74, 6) is 1.23. The Morgan fingerprint density at radius 2 is 1.94 bits per heavy atom. The van der Waals surface area contributed by atoms with Gasteiger partial charge in [-0.2, -0.15) is 0 Å². The van der Waals surface area contributed by atoms with E-state index in [0.717, 1.165) is 62.5 Å². The maximum atomic E-state index is 5.18. The van der Waals surface area contributed by atoms with Gasteiger partial charge in [-0.05, 0) is 82.9 Å². The first kappa shape index (κ1) is 24.9. The summed E-state index contributed by atoms with van der Waals surface area (Å²) < 4.78 is 2.33. The molecule has 5 rings (SSSR count). The van der Waals surface area contributed by atoms with E-state index in [2.05, 4.69) is 75.4 Å². The van der Waals surface area contributed by atoms with Crippen molar-refractivity contribution in [1.82, 2.24) is 24.2 Å². The van der Waals surface area contributed by atoms with Gasteiger partial charge in [0.25, 0.3) is 0 Å². The zero-order valence-electron chi connectivity index (χ0n) is 22.4. The van der Waals surface area contributed by atoms with Crippen LogP contribution in [0.1, 0.15) is 67.7 Å². The van der Waals surface area contributed by atoms with E-state index in [1.165, 1.54) is 36.3 Å². The van der Waals surface area contributed by atoms with Crippen LogP contribution in [0.25, 0.3) is 5.65 Å². The highest BCUT2D eigenvalue weighted by Crippen LogP contribution is 2.34. The van der Waals surface area contributed by atoms with Crippen LogP contribution >= 0.6 is 0 Å². The van der Waals surface area contributed by atoms with Crippen molar-refractivity contribution in [3.05, 3.63) is 59.2 Å². The zero-order valence-corrected chi connectivity index (χ0v) is 22.4. The molecule has 4 heterocycles. The van der Waals surface area contributed by atoms with E-state index in [4.69, 9.17) is 9.97 Å². The number of nitrogens with zero attached hydrogens (tertiary/aromatic N) is 7. The van der Waals surface area contributed by atoms with Crippen molar-refractivity contribution in [3.8, 4) is 0 Å². The summed E-state index contributed by atoms with van der Waals surface area (Å²) in [5.41, 5.74) is 5.88. The van der Waals surface area contributed by atoms with Crippen molar-refractivity contribution in [2.45, 2.75) is 64.1 Å². The van der Waals surface area contributed by atoms with Crippen molar-refractivity contribution in [3.63, 3.8) is 0 Å². The first-order valence-electron chi connectivity index (χ1n) is 13.6. The van der Waals surface area contributed by atoms with Gasteiger partial charge >= 0.3 is 0 Å².